The number of piperidine rings is 1. The zero-order chi connectivity index (χ0) is 9.68. The average Bonchev–Trinajstić information content (AvgIpc) is 2.15. The topological polar surface area (TPSA) is 23.5 Å². The number of hydrogen-bond acceptors (Lipinski definition) is 2. The largest absolute Gasteiger partial charge is 0.396 e. The molecule has 0 spiro atoms. The van der Waals surface area contributed by atoms with Crippen molar-refractivity contribution in [3.05, 3.63) is 0 Å². The van der Waals surface area contributed by atoms with Gasteiger partial charge in [-0.2, -0.15) is 0 Å². The first kappa shape index (κ1) is 11.0. The SMILES string of the molecule is C[C@@H]1CCCCN1[C@@H](C)CCCO. The highest BCUT2D eigenvalue weighted by Gasteiger charge is 2.22. The van der Waals surface area contributed by atoms with Gasteiger partial charge in [0.05, 0.1) is 0 Å². The molecule has 1 aliphatic heterocycles. The summed E-state index contributed by atoms with van der Waals surface area (Å²) in [6, 6.07) is 1.41. The van der Waals surface area contributed by atoms with Crippen LogP contribution in [-0.4, -0.2) is 35.2 Å². The summed E-state index contributed by atoms with van der Waals surface area (Å²) in [5, 5.41) is 8.76. The van der Waals surface area contributed by atoms with Gasteiger partial charge in [-0.05, 0) is 46.1 Å². The lowest BCUT2D eigenvalue weighted by Crippen LogP contribution is -2.43. The van der Waals surface area contributed by atoms with Gasteiger partial charge in [0.25, 0.3) is 0 Å². The summed E-state index contributed by atoms with van der Waals surface area (Å²) >= 11 is 0. The minimum atomic E-state index is 0.340. The molecule has 1 fully saturated rings. The van der Waals surface area contributed by atoms with Crippen molar-refractivity contribution in [1.82, 2.24) is 4.90 Å². The molecule has 78 valence electrons. The summed E-state index contributed by atoms with van der Waals surface area (Å²) in [6.45, 7) is 6.21. The van der Waals surface area contributed by atoms with Crippen LogP contribution in [0.15, 0.2) is 0 Å². The Balaban J connectivity index is 2.30. The number of likely N-dealkylation sites (tertiary alicyclic amines) is 1. The van der Waals surface area contributed by atoms with Crippen LogP contribution in [0.4, 0.5) is 0 Å². The van der Waals surface area contributed by atoms with Gasteiger partial charge in [-0.15, -0.1) is 0 Å². The zero-order valence-electron chi connectivity index (χ0n) is 9.00. The van der Waals surface area contributed by atoms with E-state index >= 15 is 0 Å². The van der Waals surface area contributed by atoms with Gasteiger partial charge in [-0.3, -0.25) is 4.90 Å². The maximum absolute atomic E-state index is 8.76. The van der Waals surface area contributed by atoms with Crippen molar-refractivity contribution in [2.45, 2.75) is 58.0 Å². The first-order valence-electron chi connectivity index (χ1n) is 5.62. The smallest absolute Gasteiger partial charge is 0.0431 e. The Bertz CT molecular complexity index is 138. The van der Waals surface area contributed by atoms with Gasteiger partial charge in [0.15, 0.2) is 0 Å². The maximum Gasteiger partial charge on any atom is 0.0431 e. The Hall–Kier alpha value is -0.0800. The van der Waals surface area contributed by atoms with E-state index in [0.29, 0.717) is 12.6 Å². The van der Waals surface area contributed by atoms with E-state index in [2.05, 4.69) is 18.7 Å². The van der Waals surface area contributed by atoms with Gasteiger partial charge >= 0.3 is 0 Å². The molecule has 0 aromatic carbocycles. The molecule has 0 aliphatic carbocycles. The van der Waals surface area contributed by atoms with Gasteiger partial charge in [0.1, 0.15) is 0 Å². The average molecular weight is 185 g/mol. The fraction of sp³-hybridized carbons (Fsp3) is 1.00. The van der Waals surface area contributed by atoms with Crippen molar-refractivity contribution in [2.75, 3.05) is 13.2 Å². The second kappa shape index (κ2) is 5.61. The van der Waals surface area contributed by atoms with Gasteiger partial charge in [-0.25, -0.2) is 0 Å². The molecule has 0 saturated carbocycles. The third kappa shape index (κ3) is 3.28. The predicted octanol–water partition coefficient (Wildman–Crippen LogP) is 2.02. The molecule has 1 N–H and O–H groups in total. The second-order valence-electron chi connectivity index (χ2n) is 4.30. The normalized spacial score (nSPS) is 27.5. The number of rotatable bonds is 4. The van der Waals surface area contributed by atoms with Crippen LogP contribution in [0.1, 0.15) is 46.0 Å². The molecular formula is C11H23NO. The van der Waals surface area contributed by atoms with Crippen molar-refractivity contribution in [1.29, 1.82) is 0 Å². The molecule has 1 rings (SSSR count). The summed E-state index contributed by atoms with van der Waals surface area (Å²) in [6.07, 6.45) is 6.19. The molecule has 0 bridgehead atoms. The summed E-state index contributed by atoms with van der Waals surface area (Å²) < 4.78 is 0. The molecule has 2 nitrogen and oxygen atoms in total. The van der Waals surface area contributed by atoms with Gasteiger partial charge in [0.2, 0.25) is 0 Å². The van der Waals surface area contributed by atoms with Crippen molar-refractivity contribution in [3.8, 4) is 0 Å². The summed E-state index contributed by atoms with van der Waals surface area (Å²) in [5.74, 6) is 0. The van der Waals surface area contributed by atoms with Gasteiger partial charge in [0, 0.05) is 18.7 Å². The molecule has 1 saturated heterocycles. The number of hydrogen-bond donors (Lipinski definition) is 1. The number of nitrogens with zero attached hydrogens (tertiary/aromatic N) is 1. The molecule has 0 radical (unpaired) electrons. The molecule has 2 heteroatoms. The lowest BCUT2D eigenvalue weighted by atomic mass is 10.00. The first-order chi connectivity index (χ1) is 6.25. The molecule has 2 atom stereocenters. The van der Waals surface area contributed by atoms with Crippen LogP contribution in [0, 0.1) is 0 Å². The van der Waals surface area contributed by atoms with Crippen molar-refractivity contribution < 1.29 is 5.11 Å². The monoisotopic (exact) mass is 185 g/mol. The van der Waals surface area contributed by atoms with E-state index in [0.717, 1.165) is 18.9 Å². The van der Waals surface area contributed by atoms with Crippen LogP contribution >= 0.6 is 0 Å². The van der Waals surface area contributed by atoms with E-state index in [1.165, 1.54) is 25.8 Å². The van der Waals surface area contributed by atoms with E-state index in [-0.39, 0.29) is 0 Å². The predicted molar refractivity (Wildman–Crippen MR) is 55.8 cm³/mol. The molecule has 1 aliphatic rings. The Labute approximate surface area is 81.9 Å². The third-order valence-corrected chi connectivity index (χ3v) is 3.20. The van der Waals surface area contributed by atoms with Gasteiger partial charge in [-0.1, -0.05) is 6.42 Å². The summed E-state index contributed by atoms with van der Waals surface area (Å²) in [5.41, 5.74) is 0. The van der Waals surface area contributed by atoms with Crippen LogP contribution in [0.5, 0.6) is 0 Å². The molecular weight excluding hydrogens is 162 g/mol. The summed E-state index contributed by atoms with van der Waals surface area (Å²) in [4.78, 5) is 2.60. The van der Waals surface area contributed by atoms with Crippen LogP contribution < -0.4 is 0 Å². The molecule has 0 aromatic rings. The van der Waals surface area contributed by atoms with E-state index < -0.39 is 0 Å². The number of aliphatic hydroxyl groups is 1. The van der Waals surface area contributed by atoms with Crippen molar-refractivity contribution in [2.24, 2.45) is 0 Å². The Morgan fingerprint density at radius 3 is 2.85 bits per heavy atom. The molecule has 0 amide bonds. The quantitative estimate of drug-likeness (QED) is 0.724. The fourth-order valence-electron chi connectivity index (χ4n) is 2.33. The fourth-order valence-corrected chi connectivity index (χ4v) is 2.33. The van der Waals surface area contributed by atoms with Crippen molar-refractivity contribution >= 4 is 0 Å². The van der Waals surface area contributed by atoms with E-state index in [9.17, 15) is 0 Å². The standard InChI is InChI=1S/C11H23NO/c1-10-6-3-4-8-12(10)11(2)7-5-9-13/h10-11,13H,3-9H2,1-2H3/t10-,11+/m1/s1. The van der Waals surface area contributed by atoms with E-state index in [4.69, 9.17) is 5.11 Å². The Morgan fingerprint density at radius 1 is 1.46 bits per heavy atom. The molecule has 0 unspecified atom stereocenters. The second-order valence-corrected chi connectivity index (χ2v) is 4.30. The summed E-state index contributed by atoms with van der Waals surface area (Å²) in [7, 11) is 0. The van der Waals surface area contributed by atoms with Crippen LogP contribution in [-0.2, 0) is 0 Å². The highest BCUT2D eigenvalue weighted by molar-refractivity contribution is 4.77. The van der Waals surface area contributed by atoms with E-state index in [1.54, 1.807) is 0 Å². The van der Waals surface area contributed by atoms with Crippen LogP contribution in [0.25, 0.3) is 0 Å². The van der Waals surface area contributed by atoms with Crippen molar-refractivity contribution in [3.63, 3.8) is 0 Å². The lowest BCUT2D eigenvalue weighted by Gasteiger charge is -2.38. The minimum absolute atomic E-state index is 0.340. The highest BCUT2D eigenvalue weighted by Crippen LogP contribution is 2.20. The Kier molecular flexibility index (Phi) is 4.74. The molecule has 0 aromatic heterocycles. The third-order valence-electron chi connectivity index (χ3n) is 3.20. The highest BCUT2D eigenvalue weighted by atomic mass is 16.2. The first-order valence-corrected chi connectivity index (χ1v) is 5.62. The molecule has 1 heterocycles. The van der Waals surface area contributed by atoms with Crippen LogP contribution in [0.2, 0.25) is 0 Å². The maximum atomic E-state index is 8.76. The molecule has 13 heavy (non-hydrogen) atoms. The number of aliphatic hydroxyl groups excluding tert-OH is 1. The minimum Gasteiger partial charge on any atom is -0.396 e. The lowest BCUT2D eigenvalue weighted by molar-refractivity contribution is 0.104. The zero-order valence-corrected chi connectivity index (χ0v) is 9.00. The van der Waals surface area contributed by atoms with E-state index in [1.807, 2.05) is 0 Å². The Morgan fingerprint density at radius 2 is 2.23 bits per heavy atom. The van der Waals surface area contributed by atoms with Gasteiger partial charge < -0.3 is 5.11 Å². The van der Waals surface area contributed by atoms with Crippen LogP contribution in [0.3, 0.4) is 0 Å².